The molecule has 0 aliphatic carbocycles. The number of β-lactam (4-membered cyclic amide) rings is 1. The van der Waals surface area contributed by atoms with Crippen molar-refractivity contribution in [2.24, 2.45) is 5.73 Å². The van der Waals surface area contributed by atoms with E-state index in [9.17, 15) is 19.5 Å². The first kappa shape index (κ1) is 19.0. The van der Waals surface area contributed by atoms with Crippen molar-refractivity contribution in [3.8, 4) is 0 Å². The van der Waals surface area contributed by atoms with E-state index in [0.717, 1.165) is 0 Å². The molecular formula is C16H19N3O5S. The lowest BCUT2D eigenvalue weighted by Crippen LogP contribution is -2.71. The minimum atomic E-state index is -1.13. The maximum atomic E-state index is 12.3. The first-order valence-electron chi connectivity index (χ1n) is 7.40. The van der Waals surface area contributed by atoms with Gasteiger partial charge in [0, 0.05) is 5.75 Å². The molecule has 1 fully saturated rings. The average Bonchev–Trinajstić information content (AvgIpc) is 2.59. The van der Waals surface area contributed by atoms with Gasteiger partial charge < -0.3 is 21.6 Å². The SMILES string of the molecule is CC1=C(C(=O)O)N2C(=O)[C@@H](NC(=O)[C@H](N)c3ccccc3)[C@@H]2SC1.O. The van der Waals surface area contributed by atoms with Crippen LogP contribution >= 0.6 is 11.8 Å². The number of rotatable bonds is 4. The van der Waals surface area contributed by atoms with Crippen molar-refractivity contribution in [3.05, 3.63) is 47.2 Å². The largest absolute Gasteiger partial charge is 0.477 e. The van der Waals surface area contributed by atoms with Crippen LogP contribution in [0.15, 0.2) is 41.6 Å². The van der Waals surface area contributed by atoms with Crippen LogP contribution in [0.3, 0.4) is 0 Å². The van der Waals surface area contributed by atoms with Gasteiger partial charge in [0.15, 0.2) is 0 Å². The summed E-state index contributed by atoms with van der Waals surface area (Å²) in [5.74, 6) is -1.50. The number of aliphatic carboxylic acids is 1. The van der Waals surface area contributed by atoms with Gasteiger partial charge in [0.25, 0.3) is 5.91 Å². The number of nitrogens with one attached hydrogen (secondary N) is 1. The van der Waals surface area contributed by atoms with Gasteiger partial charge in [0.1, 0.15) is 23.2 Å². The van der Waals surface area contributed by atoms with Crippen LogP contribution in [0.1, 0.15) is 18.5 Å². The number of benzene rings is 1. The third-order valence-corrected chi connectivity index (χ3v) is 5.52. The van der Waals surface area contributed by atoms with Gasteiger partial charge in [-0.25, -0.2) is 4.79 Å². The molecule has 0 radical (unpaired) electrons. The second-order valence-electron chi connectivity index (χ2n) is 5.72. The molecule has 1 saturated heterocycles. The molecule has 0 aromatic heterocycles. The zero-order valence-corrected chi connectivity index (χ0v) is 14.2. The van der Waals surface area contributed by atoms with Crippen LogP contribution < -0.4 is 11.1 Å². The van der Waals surface area contributed by atoms with Crippen LogP contribution in [0.2, 0.25) is 0 Å². The van der Waals surface area contributed by atoms with Crippen molar-refractivity contribution < 1.29 is 25.0 Å². The highest BCUT2D eigenvalue weighted by molar-refractivity contribution is 8.00. The number of carboxylic acid groups (broad SMARTS) is 1. The van der Waals surface area contributed by atoms with Gasteiger partial charge >= 0.3 is 5.97 Å². The van der Waals surface area contributed by atoms with Gasteiger partial charge in [0.05, 0.1) is 0 Å². The number of amides is 2. The summed E-state index contributed by atoms with van der Waals surface area (Å²) in [7, 11) is 0. The maximum absolute atomic E-state index is 12.3. The quantitative estimate of drug-likeness (QED) is 0.620. The predicted octanol–water partition coefficient (Wildman–Crippen LogP) is -0.380. The molecule has 0 spiro atoms. The minimum absolute atomic E-state index is 0. The van der Waals surface area contributed by atoms with Crippen LogP contribution in [-0.4, -0.2) is 50.4 Å². The Balaban J connectivity index is 0.00000225. The lowest BCUT2D eigenvalue weighted by molar-refractivity contribution is -0.150. The summed E-state index contributed by atoms with van der Waals surface area (Å²) in [5, 5.41) is 11.5. The molecule has 3 atom stereocenters. The average molecular weight is 365 g/mol. The van der Waals surface area contributed by atoms with Gasteiger partial charge in [0.2, 0.25) is 5.91 Å². The summed E-state index contributed by atoms with van der Waals surface area (Å²) in [5.41, 5.74) is 7.24. The summed E-state index contributed by atoms with van der Waals surface area (Å²) < 4.78 is 0. The number of carboxylic acids is 1. The number of fused-ring (bicyclic) bond motifs is 1. The fourth-order valence-electron chi connectivity index (χ4n) is 2.83. The Morgan fingerprint density at radius 3 is 2.60 bits per heavy atom. The third-order valence-electron chi connectivity index (χ3n) is 4.10. The van der Waals surface area contributed by atoms with Crippen LogP contribution in [0.4, 0.5) is 0 Å². The molecule has 2 aliphatic rings. The van der Waals surface area contributed by atoms with Crippen molar-refractivity contribution in [3.63, 3.8) is 0 Å². The van der Waals surface area contributed by atoms with E-state index in [1.54, 1.807) is 31.2 Å². The first-order chi connectivity index (χ1) is 11.4. The van der Waals surface area contributed by atoms with E-state index in [0.29, 0.717) is 16.9 Å². The Kier molecular flexibility index (Phi) is 5.51. The summed E-state index contributed by atoms with van der Waals surface area (Å²) in [6.07, 6.45) is 0. The second-order valence-corrected chi connectivity index (χ2v) is 6.82. The summed E-state index contributed by atoms with van der Waals surface area (Å²) in [6, 6.07) is 7.23. The molecule has 6 N–H and O–H groups in total. The second kappa shape index (κ2) is 7.26. The number of nitrogens with two attached hydrogens (primary N) is 1. The summed E-state index contributed by atoms with van der Waals surface area (Å²) >= 11 is 1.43. The van der Waals surface area contributed by atoms with Crippen molar-refractivity contribution in [1.82, 2.24) is 10.2 Å². The zero-order chi connectivity index (χ0) is 17.4. The molecule has 1 aromatic carbocycles. The Morgan fingerprint density at radius 2 is 2.00 bits per heavy atom. The predicted molar refractivity (Wildman–Crippen MR) is 92.3 cm³/mol. The normalized spacial score (nSPS) is 23.1. The van der Waals surface area contributed by atoms with Gasteiger partial charge in [-0.3, -0.25) is 14.5 Å². The van der Waals surface area contributed by atoms with Gasteiger partial charge in [-0.15, -0.1) is 11.8 Å². The van der Waals surface area contributed by atoms with Gasteiger partial charge in [-0.1, -0.05) is 30.3 Å². The Hall–Kier alpha value is -2.36. The maximum Gasteiger partial charge on any atom is 0.352 e. The third kappa shape index (κ3) is 3.26. The highest BCUT2D eigenvalue weighted by Gasteiger charge is 2.53. The number of hydrogen-bond acceptors (Lipinski definition) is 5. The van der Waals surface area contributed by atoms with Crippen LogP contribution in [0, 0.1) is 0 Å². The van der Waals surface area contributed by atoms with Crippen molar-refractivity contribution in [2.75, 3.05) is 5.75 Å². The molecule has 0 bridgehead atoms. The fraction of sp³-hybridized carbons (Fsp3) is 0.312. The van der Waals surface area contributed by atoms with Crippen LogP contribution in [0.5, 0.6) is 0 Å². The molecule has 2 aliphatic heterocycles. The van der Waals surface area contributed by atoms with E-state index in [1.807, 2.05) is 6.07 Å². The highest BCUT2D eigenvalue weighted by atomic mass is 32.2. The van der Waals surface area contributed by atoms with E-state index in [2.05, 4.69) is 5.32 Å². The number of carbonyl (C=O) groups is 3. The molecule has 0 saturated carbocycles. The van der Waals surface area contributed by atoms with Crippen LogP contribution in [-0.2, 0) is 14.4 Å². The Morgan fingerprint density at radius 1 is 1.36 bits per heavy atom. The molecule has 0 unspecified atom stereocenters. The van der Waals surface area contributed by atoms with E-state index < -0.39 is 35.2 Å². The standard InChI is InChI=1S/C16H17N3O4S.H2O/c1-8-7-24-15-11(14(21)19(15)12(8)16(22)23)18-13(20)10(17)9-5-3-2-4-6-9;/h2-6,10-11,15H,7,17H2,1H3,(H,18,20)(H,22,23);1H2/t10-,11-,15+;/m1./s1. The molecule has 9 heteroatoms. The van der Waals surface area contributed by atoms with Crippen LogP contribution in [0.25, 0.3) is 0 Å². The number of hydrogen-bond donors (Lipinski definition) is 3. The lowest BCUT2D eigenvalue weighted by Gasteiger charge is -2.49. The van der Waals surface area contributed by atoms with Gasteiger partial charge in [-0.2, -0.15) is 0 Å². The van der Waals surface area contributed by atoms with E-state index in [-0.39, 0.29) is 11.2 Å². The number of thioether (sulfide) groups is 1. The molecule has 3 rings (SSSR count). The topological polar surface area (TPSA) is 144 Å². The monoisotopic (exact) mass is 365 g/mol. The zero-order valence-electron chi connectivity index (χ0n) is 13.4. The molecule has 1 aromatic rings. The smallest absolute Gasteiger partial charge is 0.352 e. The Labute approximate surface area is 148 Å². The Bertz CT molecular complexity index is 737. The molecule has 134 valence electrons. The fourth-order valence-corrected chi connectivity index (χ4v) is 4.12. The van der Waals surface area contributed by atoms with E-state index in [1.165, 1.54) is 16.7 Å². The van der Waals surface area contributed by atoms with Crippen molar-refractivity contribution >= 4 is 29.5 Å². The van der Waals surface area contributed by atoms with Crippen molar-refractivity contribution in [1.29, 1.82) is 0 Å². The highest BCUT2D eigenvalue weighted by Crippen LogP contribution is 2.40. The minimum Gasteiger partial charge on any atom is -0.477 e. The molecule has 2 amide bonds. The molecule has 8 nitrogen and oxygen atoms in total. The van der Waals surface area contributed by atoms with Crippen molar-refractivity contribution in [2.45, 2.75) is 24.4 Å². The summed E-state index contributed by atoms with van der Waals surface area (Å²) in [6.45, 7) is 1.69. The lowest BCUT2D eigenvalue weighted by atomic mass is 10.0. The first-order valence-corrected chi connectivity index (χ1v) is 8.45. The van der Waals surface area contributed by atoms with E-state index in [4.69, 9.17) is 5.73 Å². The molecular weight excluding hydrogens is 346 g/mol. The summed E-state index contributed by atoms with van der Waals surface area (Å²) in [4.78, 5) is 37.2. The molecule has 25 heavy (non-hydrogen) atoms. The van der Waals surface area contributed by atoms with E-state index >= 15 is 0 Å². The molecule has 2 heterocycles. The number of nitrogens with zero attached hydrogens (tertiary/aromatic N) is 1. The van der Waals surface area contributed by atoms with Gasteiger partial charge in [-0.05, 0) is 18.1 Å². The number of carbonyl (C=O) groups excluding carboxylic acids is 2.